The van der Waals surface area contributed by atoms with Gasteiger partial charge in [0.25, 0.3) is 0 Å². The highest BCUT2D eigenvalue weighted by Crippen LogP contribution is 2.37. The molecule has 0 radical (unpaired) electrons. The highest BCUT2D eigenvalue weighted by atomic mass is 16.3. The van der Waals surface area contributed by atoms with E-state index >= 15 is 0 Å². The minimum atomic E-state index is 0.0102. The van der Waals surface area contributed by atoms with Crippen molar-refractivity contribution in [1.82, 2.24) is 10.2 Å². The molecular weight excluding hydrogens is 248 g/mol. The molecule has 2 N–H and O–H groups in total. The first-order valence-electron chi connectivity index (χ1n) is 8.63. The highest BCUT2D eigenvalue weighted by Gasteiger charge is 2.40. The first kappa shape index (κ1) is 16.3. The second-order valence-corrected chi connectivity index (χ2v) is 7.37. The van der Waals surface area contributed by atoms with Gasteiger partial charge in [-0.2, -0.15) is 0 Å². The number of hydrogen-bond acceptors (Lipinski definition) is 3. The maximum Gasteiger partial charge on any atom is 0.0615 e. The van der Waals surface area contributed by atoms with Gasteiger partial charge in [-0.3, -0.25) is 0 Å². The molecule has 1 saturated heterocycles. The highest BCUT2D eigenvalue weighted by molar-refractivity contribution is 4.98. The molecule has 20 heavy (non-hydrogen) atoms. The third-order valence-electron chi connectivity index (χ3n) is 6.11. The van der Waals surface area contributed by atoms with E-state index in [1.54, 1.807) is 0 Å². The number of aliphatic hydroxyl groups excluding tert-OH is 1. The molecule has 0 aromatic heterocycles. The Morgan fingerprint density at radius 2 is 1.95 bits per heavy atom. The van der Waals surface area contributed by atoms with Crippen LogP contribution in [0.2, 0.25) is 0 Å². The van der Waals surface area contributed by atoms with Crippen molar-refractivity contribution in [3.63, 3.8) is 0 Å². The SMILES string of the molecule is CNC1(CO)CCCC1CCN1CCC(C(C)C)CC1. The molecule has 3 nitrogen and oxygen atoms in total. The predicted octanol–water partition coefficient (Wildman–Crippen LogP) is 2.50. The molecule has 1 heterocycles. The molecule has 3 heteroatoms. The van der Waals surface area contributed by atoms with Gasteiger partial charge in [-0.15, -0.1) is 0 Å². The standard InChI is InChI=1S/C17H34N2O/c1-14(2)15-6-10-19(11-7-15)12-8-16-5-4-9-17(16,13-20)18-3/h14-16,18,20H,4-13H2,1-3H3. The van der Waals surface area contributed by atoms with Gasteiger partial charge < -0.3 is 15.3 Å². The minimum Gasteiger partial charge on any atom is -0.394 e. The van der Waals surface area contributed by atoms with Crippen molar-refractivity contribution < 1.29 is 5.11 Å². The Kier molecular flexibility index (Phi) is 5.88. The molecule has 0 bridgehead atoms. The number of nitrogens with zero attached hydrogens (tertiary/aromatic N) is 1. The maximum atomic E-state index is 9.74. The number of likely N-dealkylation sites (N-methyl/N-ethyl adjacent to an activating group) is 1. The van der Waals surface area contributed by atoms with Crippen LogP contribution in [0.4, 0.5) is 0 Å². The summed E-state index contributed by atoms with van der Waals surface area (Å²) in [5.74, 6) is 2.44. The molecule has 0 aromatic rings. The van der Waals surface area contributed by atoms with Crippen molar-refractivity contribution in [3.05, 3.63) is 0 Å². The van der Waals surface area contributed by atoms with Gasteiger partial charge in [0.15, 0.2) is 0 Å². The Bertz CT molecular complexity index is 281. The fraction of sp³-hybridized carbons (Fsp3) is 1.00. The third kappa shape index (κ3) is 3.55. The maximum absolute atomic E-state index is 9.74. The molecule has 2 rings (SSSR count). The van der Waals surface area contributed by atoms with Crippen molar-refractivity contribution in [2.45, 2.75) is 57.9 Å². The van der Waals surface area contributed by atoms with Gasteiger partial charge in [-0.1, -0.05) is 20.3 Å². The zero-order chi connectivity index (χ0) is 14.6. The van der Waals surface area contributed by atoms with Crippen LogP contribution in [0.1, 0.15) is 52.4 Å². The summed E-state index contributed by atoms with van der Waals surface area (Å²) in [5.41, 5.74) is 0.0102. The summed E-state index contributed by atoms with van der Waals surface area (Å²) in [6.07, 6.45) is 7.68. The monoisotopic (exact) mass is 282 g/mol. The summed E-state index contributed by atoms with van der Waals surface area (Å²) in [4.78, 5) is 2.65. The van der Waals surface area contributed by atoms with Crippen LogP contribution < -0.4 is 5.32 Å². The van der Waals surface area contributed by atoms with E-state index in [2.05, 4.69) is 24.1 Å². The first-order chi connectivity index (χ1) is 9.61. The second kappa shape index (κ2) is 7.24. The van der Waals surface area contributed by atoms with Crippen molar-refractivity contribution in [1.29, 1.82) is 0 Å². The predicted molar refractivity (Wildman–Crippen MR) is 84.8 cm³/mol. The van der Waals surface area contributed by atoms with Gasteiger partial charge in [-0.25, -0.2) is 0 Å². The van der Waals surface area contributed by atoms with Crippen molar-refractivity contribution in [2.24, 2.45) is 17.8 Å². The quantitative estimate of drug-likeness (QED) is 0.786. The average molecular weight is 282 g/mol. The fourth-order valence-electron chi connectivity index (χ4n) is 4.36. The molecule has 1 aliphatic carbocycles. The van der Waals surface area contributed by atoms with Crippen LogP contribution >= 0.6 is 0 Å². The van der Waals surface area contributed by atoms with Crippen molar-refractivity contribution >= 4 is 0 Å². The molecular formula is C17H34N2O. The van der Waals surface area contributed by atoms with Gasteiger partial charge in [0.2, 0.25) is 0 Å². The number of piperidine rings is 1. The Labute approximate surface area is 125 Å². The Balaban J connectivity index is 1.76. The van der Waals surface area contributed by atoms with Gasteiger partial charge in [0.05, 0.1) is 6.61 Å². The second-order valence-electron chi connectivity index (χ2n) is 7.37. The lowest BCUT2D eigenvalue weighted by Gasteiger charge is -2.37. The van der Waals surface area contributed by atoms with Gasteiger partial charge >= 0.3 is 0 Å². The Morgan fingerprint density at radius 1 is 1.25 bits per heavy atom. The van der Waals surface area contributed by atoms with Crippen LogP contribution in [0.3, 0.4) is 0 Å². The number of likely N-dealkylation sites (tertiary alicyclic amines) is 1. The molecule has 2 aliphatic rings. The summed E-state index contributed by atoms with van der Waals surface area (Å²) in [7, 11) is 2.02. The van der Waals surface area contributed by atoms with Crippen molar-refractivity contribution in [3.8, 4) is 0 Å². The van der Waals surface area contributed by atoms with E-state index in [-0.39, 0.29) is 5.54 Å². The van der Waals surface area contributed by atoms with Crippen LogP contribution in [-0.2, 0) is 0 Å². The lowest BCUT2D eigenvalue weighted by molar-refractivity contribution is 0.106. The normalized spacial score (nSPS) is 33.1. The van der Waals surface area contributed by atoms with Crippen LogP contribution in [0.25, 0.3) is 0 Å². The van der Waals surface area contributed by atoms with E-state index in [0.29, 0.717) is 12.5 Å². The third-order valence-corrected chi connectivity index (χ3v) is 6.11. The molecule has 0 spiro atoms. The number of hydrogen-bond donors (Lipinski definition) is 2. The number of nitrogens with one attached hydrogen (secondary N) is 1. The van der Waals surface area contributed by atoms with Gasteiger partial charge in [-0.05, 0) is 76.5 Å². The summed E-state index contributed by atoms with van der Waals surface area (Å²) in [5, 5.41) is 13.2. The largest absolute Gasteiger partial charge is 0.394 e. The van der Waals surface area contributed by atoms with E-state index in [1.807, 2.05) is 7.05 Å². The average Bonchev–Trinajstić information content (AvgIpc) is 2.89. The van der Waals surface area contributed by atoms with Crippen LogP contribution in [0.5, 0.6) is 0 Å². The summed E-state index contributed by atoms with van der Waals surface area (Å²) < 4.78 is 0. The van der Waals surface area contributed by atoms with E-state index in [9.17, 15) is 5.11 Å². The molecule has 2 fully saturated rings. The Morgan fingerprint density at radius 3 is 2.50 bits per heavy atom. The molecule has 0 aromatic carbocycles. The number of rotatable bonds is 6. The fourth-order valence-corrected chi connectivity index (χ4v) is 4.36. The summed E-state index contributed by atoms with van der Waals surface area (Å²) in [6, 6.07) is 0. The molecule has 118 valence electrons. The molecule has 2 atom stereocenters. The van der Waals surface area contributed by atoms with E-state index < -0.39 is 0 Å². The summed E-state index contributed by atoms with van der Waals surface area (Å²) >= 11 is 0. The van der Waals surface area contributed by atoms with E-state index in [4.69, 9.17) is 0 Å². The topological polar surface area (TPSA) is 35.5 Å². The lowest BCUT2D eigenvalue weighted by Crippen LogP contribution is -2.50. The zero-order valence-corrected chi connectivity index (χ0v) is 13.7. The Hall–Kier alpha value is -0.120. The lowest BCUT2D eigenvalue weighted by atomic mass is 9.84. The van der Waals surface area contributed by atoms with Crippen molar-refractivity contribution in [2.75, 3.05) is 33.3 Å². The van der Waals surface area contributed by atoms with E-state index in [1.165, 1.54) is 51.7 Å². The van der Waals surface area contributed by atoms with Crippen LogP contribution in [-0.4, -0.2) is 48.8 Å². The molecule has 0 amide bonds. The van der Waals surface area contributed by atoms with Gasteiger partial charge in [0, 0.05) is 5.54 Å². The summed E-state index contributed by atoms with van der Waals surface area (Å²) in [6.45, 7) is 8.80. The molecule has 1 aliphatic heterocycles. The zero-order valence-electron chi connectivity index (χ0n) is 13.7. The molecule has 1 saturated carbocycles. The molecule has 2 unspecified atom stereocenters. The van der Waals surface area contributed by atoms with E-state index in [0.717, 1.165) is 18.3 Å². The number of aliphatic hydroxyl groups is 1. The van der Waals surface area contributed by atoms with Gasteiger partial charge in [0.1, 0.15) is 0 Å². The smallest absolute Gasteiger partial charge is 0.0615 e. The first-order valence-corrected chi connectivity index (χ1v) is 8.63. The minimum absolute atomic E-state index is 0.0102. The van der Waals surface area contributed by atoms with Crippen LogP contribution in [0.15, 0.2) is 0 Å². The van der Waals surface area contributed by atoms with Crippen LogP contribution in [0, 0.1) is 17.8 Å².